The highest BCUT2D eigenvalue weighted by Crippen LogP contribution is 2.17. The largest absolute Gasteiger partial charge is 0.469 e. The molecule has 2 N–H and O–H groups in total. The minimum absolute atomic E-state index is 0.0199. The lowest BCUT2D eigenvalue weighted by Crippen LogP contribution is -2.15. The average Bonchev–Trinajstić information content (AvgIpc) is 2.60. The quantitative estimate of drug-likeness (QED) is 0.725. The van der Waals surface area contributed by atoms with Gasteiger partial charge in [-0.2, -0.15) is 0 Å². The number of ether oxygens (including phenoxy) is 1. The van der Waals surface area contributed by atoms with Crippen molar-refractivity contribution in [3.63, 3.8) is 0 Å². The molecular weight excluding hydrogens is 346 g/mol. The van der Waals surface area contributed by atoms with Crippen molar-refractivity contribution in [2.75, 3.05) is 17.1 Å². The molecule has 2 aromatic rings. The van der Waals surface area contributed by atoms with Crippen molar-refractivity contribution in [1.82, 2.24) is 4.98 Å². The molecular formula is C16H17N3O5S. The molecule has 0 saturated heterocycles. The van der Waals surface area contributed by atoms with Crippen LogP contribution in [0.5, 0.6) is 0 Å². The third-order valence-electron chi connectivity index (χ3n) is 3.14. The van der Waals surface area contributed by atoms with Gasteiger partial charge in [0.15, 0.2) is 0 Å². The van der Waals surface area contributed by atoms with Crippen LogP contribution in [0.2, 0.25) is 0 Å². The smallest absolute Gasteiger partial charge is 0.306 e. The number of pyridine rings is 1. The number of sulfonamides is 1. The van der Waals surface area contributed by atoms with Crippen LogP contribution in [0.4, 0.5) is 11.5 Å². The summed E-state index contributed by atoms with van der Waals surface area (Å²) >= 11 is 0. The number of carbonyl (C=O) groups is 2. The second kappa shape index (κ2) is 8.25. The van der Waals surface area contributed by atoms with Crippen molar-refractivity contribution in [1.29, 1.82) is 0 Å². The lowest BCUT2D eigenvalue weighted by atomic mass is 10.2. The molecule has 0 saturated carbocycles. The van der Waals surface area contributed by atoms with Gasteiger partial charge in [0.1, 0.15) is 5.82 Å². The Balaban J connectivity index is 1.99. The molecule has 0 aliphatic carbocycles. The van der Waals surface area contributed by atoms with Crippen LogP contribution < -0.4 is 10.0 Å². The zero-order chi connectivity index (χ0) is 18.3. The highest BCUT2D eigenvalue weighted by molar-refractivity contribution is 7.92. The number of methoxy groups -OCH3 is 1. The number of aromatic nitrogens is 1. The Hall–Kier alpha value is -2.94. The van der Waals surface area contributed by atoms with Gasteiger partial charge in [0.2, 0.25) is 5.91 Å². The van der Waals surface area contributed by atoms with E-state index in [1.54, 1.807) is 12.1 Å². The molecule has 1 aromatic heterocycles. The van der Waals surface area contributed by atoms with Crippen LogP contribution in [0.1, 0.15) is 12.8 Å². The minimum Gasteiger partial charge on any atom is -0.469 e. The van der Waals surface area contributed by atoms with Crippen LogP contribution in [0.15, 0.2) is 53.6 Å². The third-order valence-corrected chi connectivity index (χ3v) is 4.51. The molecule has 1 aromatic carbocycles. The lowest BCUT2D eigenvalue weighted by Gasteiger charge is -2.09. The van der Waals surface area contributed by atoms with Gasteiger partial charge in [0.25, 0.3) is 10.0 Å². The van der Waals surface area contributed by atoms with Crippen molar-refractivity contribution in [2.45, 2.75) is 17.7 Å². The van der Waals surface area contributed by atoms with Crippen molar-refractivity contribution >= 4 is 33.4 Å². The van der Waals surface area contributed by atoms with E-state index >= 15 is 0 Å². The lowest BCUT2D eigenvalue weighted by molar-refractivity contribution is -0.141. The third kappa shape index (κ3) is 5.57. The normalized spacial score (nSPS) is 10.8. The Morgan fingerprint density at radius 1 is 1.08 bits per heavy atom. The zero-order valence-corrected chi connectivity index (χ0v) is 14.2. The summed E-state index contributed by atoms with van der Waals surface area (Å²) in [6, 6.07) is 10.5. The first-order chi connectivity index (χ1) is 11.9. The maximum atomic E-state index is 12.3. The summed E-state index contributed by atoms with van der Waals surface area (Å²) in [7, 11) is -2.52. The molecule has 0 spiro atoms. The average molecular weight is 363 g/mol. The van der Waals surface area contributed by atoms with Gasteiger partial charge >= 0.3 is 5.97 Å². The van der Waals surface area contributed by atoms with Crippen LogP contribution in [-0.2, 0) is 24.3 Å². The molecule has 25 heavy (non-hydrogen) atoms. The van der Waals surface area contributed by atoms with Crippen molar-refractivity contribution in [3.8, 4) is 0 Å². The molecule has 9 heteroatoms. The minimum atomic E-state index is -3.77. The summed E-state index contributed by atoms with van der Waals surface area (Å²) in [5.74, 6) is -0.632. The summed E-state index contributed by atoms with van der Waals surface area (Å²) < 4.78 is 31.3. The zero-order valence-electron chi connectivity index (χ0n) is 13.4. The van der Waals surface area contributed by atoms with Gasteiger partial charge in [0.05, 0.1) is 18.4 Å². The molecule has 0 atom stereocenters. The first-order valence-electron chi connectivity index (χ1n) is 7.31. The molecule has 1 amide bonds. The fourth-order valence-electron chi connectivity index (χ4n) is 1.88. The second-order valence-corrected chi connectivity index (χ2v) is 6.65. The van der Waals surface area contributed by atoms with Crippen LogP contribution in [0.25, 0.3) is 0 Å². The number of amides is 1. The molecule has 2 rings (SSSR count). The second-order valence-electron chi connectivity index (χ2n) is 4.97. The van der Waals surface area contributed by atoms with Crippen molar-refractivity contribution < 1.29 is 22.7 Å². The SMILES string of the molecule is COC(=O)CCC(=O)Nc1ccc(S(=O)(=O)Nc2ccccn2)cc1. The van der Waals surface area contributed by atoms with Gasteiger partial charge in [-0.1, -0.05) is 6.07 Å². The molecule has 8 nitrogen and oxygen atoms in total. The van der Waals surface area contributed by atoms with Crippen LogP contribution >= 0.6 is 0 Å². The molecule has 0 radical (unpaired) electrons. The number of hydrogen-bond acceptors (Lipinski definition) is 6. The first kappa shape index (κ1) is 18.4. The summed E-state index contributed by atoms with van der Waals surface area (Å²) in [5.41, 5.74) is 0.423. The predicted octanol–water partition coefficient (Wildman–Crippen LogP) is 1.77. The standard InChI is InChI=1S/C16H17N3O5S/c1-24-16(21)10-9-15(20)18-12-5-7-13(8-6-12)25(22,23)19-14-4-2-3-11-17-14/h2-8,11H,9-10H2,1H3,(H,17,19)(H,18,20). The number of benzene rings is 1. The van der Waals surface area contributed by atoms with E-state index in [2.05, 4.69) is 19.8 Å². The van der Waals surface area contributed by atoms with E-state index in [1.807, 2.05) is 0 Å². The first-order valence-corrected chi connectivity index (χ1v) is 8.79. The van der Waals surface area contributed by atoms with Gasteiger partial charge in [-0.05, 0) is 36.4 Å². The van der Waals surface area contributed by atoms with E-state index < -0.39 is 16.0 Å². The van der Waals surface area contributed by atoms with Crippen LogP contribution in [0, 0.1) is 0 Å². The molecule has 0 bridgehead atoms. The Morgan fingerprint density at radius 2 is 1.80 bits per heavy atom. The van der Waals surface area contributed by atoms with Gasteiger partial charge < -0.3 is 10.1 Å². The highest BCUT2D eigenvalue weighted by atomic mass is 32.2. The number of anilines is 2. The van der Waals surface area contributed by atoms with Crippen molar-refractivity contribution in [3.05, 3.63) is 48.7 Å². The van der Waals surface area contributed by atoms with Crippen molar-refractivity contribution in [2.24, 2.45) is 0 Å². The molecule has 0 aliphatic rings. The Morgan fingerprint density at radius 3 is 2.40 bits per heavy atom. The van der Waals surface area contributed by atoms with E-state index in [9.17, 15) is 18.0 Å². The fourth-order valence-corrected chi connectivity index (χ4v) is 2.89. The summed E-state index contributed by atoms with van der Waals surface area (Å²) in [6.45, 7) is 0. The molecule has 0 unspecified atom stereocenters. The summed E-state index contributed by atoms with van der Waals surface area (Å²) in [5, 5.41) is 2.58. The van der Waals surface area contributed by atoms with Gasteiger partial charge in [-0.25, -0.2) is 13.4 Å². The fraction of sp³-hybridized carbons (Fsp3) is 0.188. The predicted molar refractivity (Wildman–Crippen MR) is 91.4 cm³/mol. The number of esters is 1. The number of carbonyl (C=O) groups excluding carboxylic acids is 2. The Labute approximate surface area is 145 Å². The van der Waals surface area contributed by atoms with Crippen LogP contribution in [-0.4, -0.2) is 32.4 Å². The molecule has 132 valence electrons. The number of rotatable bonds is 7. The highest BCUT2D eigenvalue weighted by Gasteiger charge is 2.15. The summed E-state index contributed by atoms with van der Waals surface area (Å²) in [6.07, 6.45) is 1.43. The van der Waals surface area contributed by atoms with E-state index in [4.69, 9.17) is 0 Å². The number of hydrogen-bond donors (Lipinski definition) is 2. The van der Waals surface area contributed by atoms with E-state index in [0.717, 1.165) is 0 Å². The van der Waals surface area contributed by atoms with E-state index in [0.29, 0.717) is 5.69 Å². The maximum Gasteiger partial charge on any atom is 0.306 e. The topological polar surface area (TPSA) is 114 Å². The van der Waals surface area contributed by atoms with Gasteiger partial charge in [-0.15, -0.1) is 0 Å². The maximum absolute atomic E-state index is 12.3. The van der Waals surface area contributed by atoms with Gasteiger partial charge in [-0.3, -0.25) is 14.3 Å². The number of nitrogens with one attached hydrogen (secondary N) is 2. The monoisotopic (exact) mass is 363 g/mol. The molecule has 1 heterocycles. The van der Waals surface area contributed by atoms with E-state index in [1.165, 1.54) is 43.6 Å². The molecule has 0 aliphatic heterocycles. The Bertz CT molecular complexity index is 836. The summed E-state index contributed by atoms with van der Waals surface area (Å²) in [4.78, 5) is 26.6. The van der Waals surface area contributed by atoms with E-state index in [-0.39, 0.29) is 29.5 Å². The Kier molecular flexibility index (Phi) is 6.07. The molecule has 0 fully saturated rings. The van der Waals surface area contributed by atoms with Gasteiger partial charge in [0, 0.05) is 18.3 Å². The van der Waals surface area contributed by atoms with Crippen LogP contribution in [0.3, 0.4) is 0 Å². The number of nitrogens with zero attached hydrogens (tertiary/aromatic N) is 1.